The second-order valence-electron chi connectivity index (χ2n) is 12.8. The average molecular weight is 515 g/mol. The van der Waals surface area contributed by atoms with E-state index in [1.807, 2.05) is 26.0 Å². The van der Waals surface area contributed by atoms with Crippen molar-refractivity contribution in [1.82, 2.24) is 0 Å². The summed E-state index contributed by atoms with van der Waals surface area (Å²) in [6.45, 7) is 23.7. The van der Waals surface area contributed by atoms with Crippen molar-refractivity contribution in [2.24, 2.45) is 21.7 Å². The van der Waals surface area contributed by atoms with Gasteiger partial charge < -0.3 is 9.47 Å². The van der Waals surface area contributed by atoms with Crippen molar-refractivity contribution < 1.29 is 19.1 Å². The zero-order chi connectivity index (χ0) is 28.3. The van der Waals surface area contributed by atoms with E-state index in [4.69, 9.17) is 9.47 Å². The van der Waals surface area contributed by atoms with Crippen LogP contribution >= 0.6 is 0 Å². The summed E-state index contributed by atoms with van der Waals surface area (Å²) in [5, 5.41) is 0. The number of hydrogen-bond acceptors (Lipinski definition) is 4. The Kier molecular flexibility index (Phi) is 5.51. The number of aryl methyl sites for hydroxylation is 1. The van der Waals surface area contributed by atoms with Crippen LogP contribution < -0.4 is 4.74 Å². The summed E-state index contributed by atoms with van der Waals surface area (Å²) in [4.78, 5) is 27.0. The zero-order valence-corrected chi connectivity index (χ0v) is 25.2. The Morgan fingerprint density at radius 3 is 1.63 bits per heavy atom. The number of allylic oxidation sites excluding steroid dienone is 7. The first-order valence-corrected chi connectivity index (χ1v) is 13.7. The van der Waals surface area contributed by atoms with Crippen LogP contribution in [0.15, 0.2) is 56.7 Å². The molecule has 38 heavy (non-hydrogen) atoms. The van der Waals surface area contributed by atoms with E-state index in [0.717, 1.165) is 33.4 Å². The molecule has 4 unspecified atom stereocenters. The van der Waals surface area contributed by atoms with Gasteiger partial charge in [0.15, 0.2) is 5.78 Å². The molecule has 0 amide bonds. The number of carbonyl (C=O) groups excluding carboxylic acids is 2. The van der Waals surface area contributed by atoms with Crippen LogP contribution in [0.4, 0.5) is 0 Å². The number of esters is 1. The average Bonchev–Trinajstić information content (AvgIpc) is 2.88. The van der Waals surface area contributed by atoms with E-state index in [9.17, 15) is 9.59 Å². The molecule has 0 aromatic heterocycles. The third-order valence-electron chi connectivity index (χ3n) is 12.2. The van der Waals surface area contributed by atoms with Crippen molar-refractivity contribution in [1.29, 1.82) is 0 Å². The Morgan fingerprint density at radius 1 is 0.658 bits per heavy atom. The molecule has 5 rings (SSSR count). The van der Waals surface area contributed by atoms with Crippen LogP contribution in [0.5, 0.6) is 5.75 Å². The van der Waals surface area contributed by atoms with Gasteiger partial charge in [-0.2, -0.15) is 0 Å². The van der Waals surface area contributed by atoms with E-state index in [2.05, 4.69) is 62.3 Å². The number of ether oxygens (including phenoxy) is 2. The molecule has 0 radical (unpaired) electrons. The molecule has 0 saturated carbocycles. The van der Waals surface area contributed by atoms with Gasteiger partial charge in [0, 0.05) is 50.4 Å². The topological polar surface area (TPSA) is 52.6 Å². The number of fused-ring (bicyclic) bond motifs is 2. The standard InChI is InChI=1S/C34H42O4/c1-17-13-24(15-26(35)27-22(6)31(8)18(2)20(4)33(27,31)10)29(37-12)25(14-17)16-38-30(36)28-23(7)32(9)19(3)21(5)34(28,32)11/h13-14H,15-16H2,1-12H3. The molecule has 4 heteroatoms. The van der Waals surface area contributed by atoms with Gasteiger partial charge in [0.1, 0.15) is 12.4 Å². The Bertz CT molecular complexity index is 1480. The summed E-state index contributed by atoms with van der Waals surface area (Å²) < 4.78 is 11.7. The Hall–Kier alpha value is -2.88. The maximum Gasteiger partial charge on any atom is 0.335 e. The SMILES string of the molecule is COc1c(COC(=O)C2=C(C)C3(C)C(C)=C(C)C23C)cc(C)cc1CC(=O)C1=C(C)C2(C)C(C)=C(C)C12C. The Labute approximate surface area is 227 Å². The van der Waals surface area contributed by atoms with Gasteiger partial charge in [0.2, 0.25) is 0 Å². The highest BCUT2D eigenvalue weighted by Crippen LogP contribution is 2.75. The molecular formula is C34H42O4. The van der Waals surface area contributed by atoms with Crippen molar-refractivity contribution in [3.8, 4) is 5.75 Å². The molecule has 0 spiro atoms. The van der Waals surface area contributed by atoms with Crippen molar-refractivity contribution >= 4 is 11.8 Å². The van der Waals surface area contributed by atoms with E-state index < -0.39 is 0 Å². The first-order chi connectivity index (χ1) is 17.6. The molecular weight excluding hydrogens is 472 g/mol. The number of carbonyl (C=O) groups is 2. The first-order valence-electron chi connectivity index (χ1n) is 13.7. The zero-order valence-electron chi connectivity index (χ0n) is 25.2. The summed E-state index contributed by atoms with van der Waals surface area (Å²) >= 11 is 0. The molecule has 202 valence electrons. The third kappa shape index (κ3) is 2.62. The van der Waals surface area contributed by atoms with Gasteiger partial charge in [-0.05, 0) is 54.5 Å². The fourth-order valence-electron chi connectivity index (χ4n) is 8.94. The van der Waals surface area contributed by atoms with Crippen LogP contribution in [-0.2, 0) is 27.4 Å². The molecule has 1 aromatic rings. The highest BCUT2D eigenvalue weighted by molar-refractivity contribution is 6.04. The van der Waals surface area contributed by atoms with Gasteiger partial charge in [-0.25, -0.2) is 4.79 Å². The molecule has 4 nitrogen and oxygen atoms in total. The predicted octanol–water partition coefficient (Wildman–Crippen LogP) is 7.54. The molecule has 0 N–H and O–H groups in total. The lowest BCUT2D eigenvalue weighted by Crippen LogP contribution is -2.60. The summed E-state index contributed by atoms with van der Waals surface area (Å²) in [6.07, 6.45) is 0.264. The van der Waals surface area contributed by atoms with Gasteiger partial charge in [0.25, 0.3) is 0 Å². The molecule has 0 saturated heterocycles. The van der Waals surface area contributed by atoms with E-state index in [1.165, 1.54) is 27.9 Å². The molecule has 4 aliphatic rings. The van der Waals surface area contributed by atoms with Crippen LogP contribution in [0, 0.1) is 28.6 Å². The van der Waals surface area contributed by atoms with Crippen molar-refractivity contribution in [2.45, 2.75) is 89.2 Å². The fraction of sp³-hybridized carbons (Fsp3) is 0.529. The number of hydrogen-bond donors (Lipinski definition) is 0. The van der Waals surface area contributed by atoms with E-state index in [1.54, 1.807) is 7.11 Å². The van der Waals surface area contributed by atoms with Crippen molar-refractivity contribution in [2.75, 3.05) is 7.11 Å². The summed E-state index contributed by atoms with van der Waals surface area (Å²) in [5.74, 6) is 0.511. The quantitative estimate of drug-likeness (QED) is 0.279. The lowest BCUT2D eigenvalue weighted by Gasteiger charge is -2.67. The van der Waals surface area contributed by atoms with Crippen LogP contribution in [0.1, 0.15) is 85.9 Å². The predicted molar refractivity (Wildman–Crippen MR) is 151 cm³/mol. The molecule has 0 aliphatic heterocycles. The van der Waals surface area contributed by atoms with Crippen LogP contribution in [0.3, 0.4) is 0 Å². The summed E-state index contributed by atoms with van der Waals surface area (Å²) in [7, 11) is 1.62. The summed E-state index contributed by atoms with van der Waals surface area (Å²) in [5.41, 5.74) is 11.5. The Balaban J connectivity index is 1.37. The normalized spacial score (nSPS) is 33.2. The van der Waals surface area contributed by atoms with E-state index >= 15 is 0 Å². The number of ketones is 1. The van der Waals surface area contributed by atoms with Crippen molar-refractivity contribution in [3.05, 3.63) is 73.4 Å². The lowest BCUT2D eigenvalue weighted by molar-refractivity contribution is -0.144. The number of benzene rings is 1. The van der Waals surface area contributed by atoms with Crippen molar-refractivity contribution in [3.63, 3.8) is 0 Å². The minimum Gasteiger partial charge on any atom is -0.496 e. The fourth-order valence-corrected chi connectivity index (χ4v) is 8.94. The molecule has 0 bridgehead atoms. The lowest BCUT2D eigenvalue weighted by atomic mass is 9.35. The highest BCUT2D eigenvalue weighted by atomic mass is 16.5. The number of methoxy groups -OCH3 is 1. The Morgan fingerprint density at radius 2 is 1.11 bits per heavy atom. The van der Waals surface area contributed by atoms with Crippen LogP contribution in [0.2, 0.25) is 0 Å². The monoisotopic (exact) mass is 514 g/mol. The third-order valence-corrected chi connectivity index (χ3v) is 12.2. The summed E-state index contributed by atoms with van der Waals surface area (Å²) in [6, 6.07) is 4.00. The van der Waals surface area contributed by atoms with Gasteiger partial charge >= 0.3 is 5.97 Å². The van der Waals surface area contributed by atoms with E-state index in [0.29, 0.717) is 5.75 Å². The molecule has 0 fully saturated rings. The first kappa shape index (κ1) is 26.7. The van der Waals surface area contributed by atoms with Gasteiger partial charge in [-0.15, -0.1) is 0 Å². The molecule has 1 aromatic carbocycles. The molecule has 4 atom stereocenters. The maximum atomic E-state index is 13.7. The van der Waals surface area contributed by atoms with Gasteiger partial charge in [-0.3, -0.25) is 4.79 Å². The minimum absolute atomic E-state index is 0.00823. The minimum atomic E-state index is -0.263. The van der Waals surface area contributed by atoms with E-state index in [-0.39, 0.29) is 46.4 Å². The maximum absolute atomic E-state index is 13.7. The van der Waals surface area contributed by atoms with Crippen LogP contribution in [0.25, 0.3) is 0 Å². The smallest absolute Gasteiger partial charge is 0.335 e. The largest absolute Gasteiger partial charge is 0.496 e. The van der Waals surface area contributed by atoms with Gasteiger partial charge in [-0.1, -0.05) is 72.8 Å². The van der Waals surface area contributed by atoms with Gasteiger partial charge in [0.05, 0.1) is 7.11 Å². The van der Waals surface area contributed by atoms with Crippen LogP contribution in [-0.4, -0.2) is 18.9 Å². The number of Topliss-reactive ketones (excluding diaryl/α,β-unsaturated/α-hetero) is 1. The second kappa shape index (κ2) is 7.83. The highest BCUT2D eigenvalue weighted by Gasteiger charge is 2.69. The second-order valence-corrected chi connectivity index (χ2v) is 12.8. The molecule has 0 heterocycles. The number of rotatable bonds is 7. The molecule has 4 aliphatic carbocycles.